The Morgan fingerprint density at radius 3 is 2.54 bits per heavy atom. The van der Waals surface area contributed by atoms with Crippen LogP contribution in [0, 0.1) is 0 Å². The number of rotatable bonds is 4. The number of benzene rings is 1. The topological polar surface area (TPSA) is 20.3 Å². The second-order valence-electron chi connectivity index (χ2n) is 2.86. The molecular formula is C10H12ClNO. The van der Waals surface area contributed by atoms with Crippen LogP contribution in [0.2, 0.25) is 0 Å². The Morgan fingerprint density at radius 2 is 2.00 bits per heavy atom. The predicted molar refractivity (Wildman–Crippen MR) is 55.2 cm³/mol. The summed E-state index contributed by atoms with van der Waals surface area (Å²) < 4.78 is 0. The third kappa shape index (κ3) is 3.47. The van der Waals surface area contributed by atoms with Gasteiger partial charge in [-0.3, -0.25) is 4.79 Å². The Balaban J connectivity index is 2.49. The number of anilines is 1. The SMILES string of the molecule is CN(CCC(=O)Cl)c1ccccc1. The molecule has 0 amide bonds. The molecule has 0 saturated carbocycles. The van der Waals surface area contributed by atoms with Gasteiger partial charge in [0, 0.05) is 25.7 Å². The van der Waals surface area contributed by atoms with Crippen molar-refractivity contribution in [1.82, 2.24) is 0 Å². The Kier molecular flexibility index (Phi) is 3.77. The van der Waals surface area contributed by atoms with Gasteiger partial charge in [0.2, 0.25) is 5.24 Å². The standard InChI is InChI=1S/C10H12ClNO/c1-12(8-7-10(11)13)9-5-3-2-4-6-9/h2-6H,7-8H2,1H3. The average Bonchev–Trinajstić information content (AvgIpc) is 2.15. The maximum atomic E-state index is 10.5. The van der Waals surface area contributed by atoms with Gasteiger partial charge < -0.3 is 4.90 Å². The van der Waals surface area contributed by atoms with Crippen LogP contribution in [0.5, 0.6) is 0 Å². The maximum absolute atomic E-state index is 10.5. The monoisotopic (exact) mass is 197 g/mol. The van der Waals surface area contributed by atoms with Gasteiger partial charge in [0.15, 0.2) is 0 Å². The van der Waals surface area contributed by atoms with Crippen LogP contribution in [-0.2, 0) is 4.79 Å². The molecule has 0 bridgehead atoms. The number of hydrogen-bond donors (Lipinski definition) is 0. The molecule has 0 fully saturated rings. The molecule has 0 saturated heterocycles. The van der Waals surface area contributed by atoms with Gasteiger partial charge in [-0.15, -0.1) is 0 Å². The summed E-state index contributed by atoms with van der Waals surface area (Å²) in [6.45, 7) is 0.659. The number of hydrogen-bond acceptors (Lipinski definition) is 2. The molecule has 1 aromatic carbocycles. The Labute approximate surface area is 83.1 Å². The lowest BCUT2D eigenvalue weighted by molar-refractivity contribution is -0.111. The normalized spacial score (nSPS) is 9.69. The van der Waals surface area contributed by atoms with Crippen molar-refractivity contribution in [2.45, 2.75) is 6.42 Å². The van der Waals surface area contributed by atoms with E-state index in [2.05, 4.69) is 0 Å². The second kappa shape index (κ2) is 4.87. The van der Waals surface area contributed by atoms with Crippen LogP contribution in [0.1, 0.15) is 6.42 Å². The number of carbonyl (C=O) groups is 1. The molecule has 0 aliphatic carbocycles. The van der Waals surface area contributed by atoms with Gasteiger partial charge in [0.1, 0.15) is 0 Å². The highest BCUT2D eigenvalue weighted by molar-refractivity contribution is 6.63. The zero-order valence-electron chi connectivity index (χ0n) is 7.53. The van der Waals surface area contributed by atoms with Gasteiger partial charge in [0.25, 0.3) is 0 Å². The summed E-state index contributed by atoms with van der Waals surface area (Å²) in [7, 11) is 1.94. The minimum atomic E-state index is -0.289. The lowest BCUT2D eigenvalue weighted by Crippen LogP contribution is -2.19. The first kappa shape index (κ1) is 10.1. The van der Waals surface area contributed by atoms with Crippen molar-refractivity contribution in [1.29, 1.82) is 0 Å². The lowest BCUT2D eigenvalue weighted by atomic mass is 10.3. The van der Waals surface area contributed by atoms with Gasteiger partial charge in [0.05, 0.1) is 0 Å². The van der Waals surface area contributed by atoms with Crippen molar-refractivity contribution in [3.63, 3.8) is 0 Å². The number of para-hydroxylation sites is 1. The zero-order chi connectivity index (χ0) is 9.68. The van der Waals surface area contributed by atoms with Crippen LogP contribution in [0.4, 0.5) is 5.69 Å². The highest BCUT2D eigenvalue weighted by Crippen LogP contribution is 2.11. The van der Waals surface area contributed by atoms with E-state index in [4.69, 9.17) is 11.6 Å². The third-order valence-corrected chi connectivity index (χ3v) is 2.03. The minimum Gasteiger partial charge on any atom is -0.374 e. The van der Waals surface area contributed by atoms with Gasteiger partial charge in [-0.1, -0.05) is 18.2 Å². The van der Waals surface area contributed by atoms with E-state index in [1.54, 1.807) is 0 Å². The zero-order valence-corrected chi connectivity index (χ0v) is 8.29. The van der Waals surface area contributed by atoms with Crippen molar-refractivity contribution in [2.75, 3.05) is 18.5 Å². The number of halogens is 1. The summed E-state index contributed by atoms with van der Waals surface area (Å²) in [6.07, 6.45) is 0.382. The minimum absolute atomic E-state index is 0.289. The first-order valence-corrected chi connectivity index (χ1v) is 4.52. The van der Waals surface area contributed by atoms with Crippen molar-refractivity contribution >= 4 is 22.5 Å². The number of nitrogens with zero attached hydrogens (tertiary/aromatic N) is 1. The summed E-state index contributed by atoms with van der Waals surface area (Å²) in [5.41, 5.74) is 1.10. The quantitative estimate of drug-likeness (QED) is 0.691. The maximum Gasteiger partial charge on any atom is 0.223 e. The largest absolute Gasteiger partial charge is 0.374 e. The molecule has 0 N–H and O–H groups in total. The smallest absolute Gasteiger partial charge is 0.223 e. The molecule has 0 aliphatic rings. The van der Waals surface area contributed by atoms with Crippen LogP contribution in [0.3, 0.4) is 0 Å². The number of carbonyl (C=O) groups excluding carboxylic acids is 1. The van der Waals surface area contributed by atoms with Crippen LogP contribution in [0.25, 0.3) is 0 Å². The highest BCUT2D eigenvalue weighted by Gasteiger charge is 2.01. The summed E-state index contributed by atoms with van der Waals surface area (Å²) in [5.74, 6) is 0. The molecule has 2 nitrogen and oxygen atoms in total. The van der Waals surface area contributed by atoms with Crippen molar-refractivity contribution in [2.24, 2.45) is 0 Å². The molecule has 0 aromatic heterocycles. The van der Waals surface area contributed by atoms with E-state index < -0.39 is 0 Å². The van der Waals surface area contributed by atoms with E-state index >= 15 is 0 Å². The van der Waals surface area contributed by atoms with Crippen molar-refractivity contribution in [3.8, 4) is 0 Å². The lowest BCUT2D eigenvalue weighted by Gasteiger charge is -2.17. The van der Waals surface area contributed by atoms with E-state index in [9.17, 15) is 4.79 Å². The molecule has 1 aromatic rings. The average molecular weight is 198 g/mol. The van der Waals surface area contributed by atoms with Crippen LogP contribution >= 0.6 is 11.6 Å². The molecule has 13 heavy (non-hydrogen) atoms. The molecular weight excluding hydrogens is 186 g/mol. The Hall–Kier alpha value is -1.02. The fourth-order valence-electron chi connectivity index (χ4n) is 1.07. The fraction of sp³-hybridized carbons (Fsp3) is 0.300. The molecule has 3 heteroatoms. The van der Waals surface area contributed by atoms with Gasteiger partial charge in [-0.25, -0.2) is 0 Å². The van der Waals surface area contributed by atoms with Gasteiger partial charge in [-0.05, 0) is 23.7 Å². The summed E-state index contributed by atoms with van der Waals surface area (Å²) >= 11 is 5.24. The predicted octanol–water partition coefficient (Wildman–Crippen LogP) is 2.28. The second-order valence-corrected chi connectivity index (χ2v) is 3.28. The molecule has 0 heterocycles. The molecule has 0 spiro atoms. The van der Waals surface area contributed by atoms with Gasteiger partial charge >= 0.3 is 0 Å². The van der Waals surface area contributed by atoms with E-state index in [1.165, 1.54) is 0 Å². The Morgan fingerprint density at radius 1 is 1.38 bits per heavy atom. The van der Waals surface area contributed by atoms with Crippen LogP contribution < -0.4 is 4.90 Å². The van der Waals surface area contributed by atoms with E-state index in [0.29, 0.717) is 13.0 Å². The molecule has 0 aliphatic heterocycles. The van der Waals surface area contributed by atoms with Crippen LogP contribution in [0.15, 0.2) is 30.3 Å². The molecule has 70 valence electrons. The van der Waals surface area contributed by atoms with E-state index in [-0.39, 0.29) is 5.24 Å². The first-order valence-electron chi connectivity index (χ1n) is 4.14. The van der Waals surface area contributed by atoms with Gasteiger partial charge in [-0.2, -0.15) is 0 Å². The Bertz CT molecular complexity index is 274. The van der Waals surface area contributed by atoms with Crippen LogP contribution in [-0.4, -0.2) is 18.8 Å². The molecule has 0 radical (unpaired) electrons. The third-order valence-electron chi connectivity index (χ3n) is 1.84. The summed E-state index contributed by atoms with van der Waals surface area (Å²) in [4.78, 5) is 12.5. The first-order chi connectivity index (χ1) is 6.20. The summed E-state index contributed by atoms with van der Waals surface area (Å²) in [5, 5.41) is -0.289. The highest BCUT2D eigenvalue weighted by atomic mass is 35.5. The van der Waals surface area contributed by atoms with E-state index in [1.807, 2.05) is 42.3 Å². The molecule has 1 rings (SSSR count). The van der Waals surface area contributed by atoms with Crippen molar-refractivity contribution in [3.05, 3.63) is 30.3 Å². The van der Waals surface area contributed by atoms with E-state index in [0.717, 1.165) is 5.69 Å². The summed E-state index contributed by atoms with van der Waals surface area (Å²) in [6, 6.07) is 9.89. The fourth-order valence-corrected chi connectivity index (χ4v) is 1.15. The molecule has 0 unspecified atom stereocenters. The van der Waals surface area contributed by atoms with Crippen molar-refractivity contribution < 1.29 is 4.79 Å². The molecule has 0 atom stereocenters.